The Bertz CT molecular complexity index is 2540. The first-order chi connectivity index (χ1) is 20.7. The van der Waals surface area contributed by atoms with E-state index in [1.807, 2.05) is 24.3 Å². The summed E-state index contributed by atoms with van der Waals surface area (Å²) in [5.74, 6) is 0. The highest BCUT2D eigenvalue weighted by molar-refractivity contribution is 6.24. The Hall–Kier alpha value is -6.10. The SMILES string of the molecule is N#Cc1ccc2c3cc(-c4ccc5c6ccccc6n(-c6ccccc6)c5c4)cc4c5ccc(C#N)cc5n(c2c1)c34. The first kappa shape index (κ1) is 22.7. The van der Waals surface area contributed by atoms with Crippen molar-refractivity contribution in [2.24, 2.45) is 0 Å². The van der Waals surface area contributed by atoms with Crippen LogP contribution in [0.1, 0.15) is 11.1 Å². The maximum absolute atomic E-state index is 9.66. The van der Waals surface area contributed by atoms with Gasteiger partial charge in [-0.05, 0) is 71.8 Å². The molecule has 0 aliphatic rings. The molecule has 4 nitrogen and oxygen atoms in total. The molecule has 0 aliphatic heterocycles. The van der Waals surface area contributed by atoms with Gasteiger partial charge in [-0.15, -0.1) is 0 Å². The number of rotatable bonds is 2. The van der Waals surface area contributed by atoms with Gasteiger partial charge in [-0.3, -0.25) is 0 Å². The zero-order valence-corrected chi connectivity index (χ0v) is 22.3. The molecule has 0 unspecified atom stereocenters. The van der Waals surface area contributed by atoms with E-state index in [4.69, 9.17) is 0 Å². The van der Waals surface area contributed by atoms with Crippen LogP contribution < -0.4 is 0 Å². The number of hydrogen-bond acceptors (Lipinski definition) is 2. The molecule has 0 aliphatic carbocycles. The molecule has 192 valence electrons. The van der Waals surface area contributed by atoms with Crippen LogP contribution in [0.2, 0.25) is 0 Å². The van der Waals surface area contributed by atoms with Crippen molar-refractivity contribution in [1.82, 2.24) is 8.97 Å². The third-order valence-electron chi connectivity index (χ3n) is 8.67. The van der Waals surface area contributed by atoms with Crippen molar-refractivity contribution in [3.05, 3.63) is 132 Å². The lowest BCUT2D eigenvalue weighted by atomic mass is 9.98. The highest BCUT2D eigenvalue weighted by Crippen LogP contribution is 2.43. The third-order valence-corrected chi connectivity index (χ3v) is 8.67. The third kappa shape index (κ3) is 2.93. The largest absolute Gasteiger partial charge is 0.309 e. The molecule has 42 heavy (non-hydrogen) atoms. The van der Waals surface area contributed by atoms with Gasteiger partial charge in [0.1, 0.15) is 0 Å². The summed E-state index contributed by atoms with van der Waals surface area (Å²) in [6, 6.07) is 46.8. The first-order valence-electron chi connectivity index (χ1n) is 13.9. The van der Waals surface area contributed by atoms with E-state index in [9.17, 15) is 10.5 Å². The predicted molar refractivity (Wildman–Crippen MR) is 170 cm³/mol. The van der Waals surface area contributed by atoms with Crippen LogP contribution in [0.5, 0.6) is 0 Å². The fourth-order valence-electron chi connectivity index (χ4n) is 6.86. The van der Waals surface area contributed by atoms with Gasteiger partial charge in [0.05, 0.1) is 50.8 Å². The molecule has 0 bridgehead atoms. The summed E-state index contributed by atoms with van der Waals surface area (Å²) >= 11 is 0. The van der Waals surface area contributed by atoms with E-state index in [2.05, 4.69) is 118 Å². The molecule has 0 amide bonds. The second-order valence-electron chi connectivity index (χ2n) is 10.9. The molecule has 9 aromatic rings. The van der Waals surface area contributed by atoms with Gasteiger partial charge in [0.2, 0.25) is 0 Å². The average Bonchev–Trinajstić information content (AvgIpc) is 3.68. The number of nitriles is 2. The number of fused-ring (bicyclic) bond motifs is 9. The molecule has 0 N–H and O–H groups in total. The highest BCUT2D eigenvalue weighted by Gasteiger charge is 2.20. The van der Waals surface area contributed by atoms with Crippen LogP contribution in [0.4, 0.5) is 0 Å². The number of nitrogens with zero attached hydrogens (tertiary/aromatic N) is 4. The highest BCUT2D eigenvalue weighted by atomic mass is 15.0. The quantitative estimate of drug-likeness (QED) is 0.223. The number of benzene rings is 6. The smallest absolute Gasteiger partial charge is 0.0992 e. The van der Waals surface area contributed by atoms with Gasteiger partial charge in [0.15, 0.2) is 0 Å². The van der Waals surface area contributed by atoms with Gasteiger partial charge in [0.25, 0.3) is 0 Å². The lowest BCUT2D eigenvalue weighted by Gasteiger charge is -2.09. The summed E-state index contributed by atoms with van der Waals surface area (Å²) in [5.41, 5.74) is 10.1. The van der Waals surface area contributed by atoms with E-state index in [0.29, 0.717) is 11.1 Å². The van der Waals surface area contributed by atoms with Gasteiger partial charge in [-0.2, -0.15) is 10.5 Å². The van der Waals surface area contributed by atoms with Crippen LogP contribution >= 0.6 is 0 Å². The van der Waals surface area contributed by atoms with E-state index in [-0.39, 0.29) is 0 Å². The Kier molecular flexibility index (Phi) is 4.43. The topological polar surface area (TPSA) is 56.9 Å². The van der Waals surface area contributed by atoms with Crippen LogP contribution in [0, 0.1) is 22.7 Å². The van der Waals surface area contributed by atoms with Gasteiger partial charge in [-0.25, -0.2) is 0 Å². The molecule has 0 radical (unpaired) electrons. The molecule has 0 saturated carbocycles. The molecule has 0 atom stereocenters. The summed E-state index contributed by atoms with van der Waals surface area (Å²) in [4.78, 5) is 0. The maximum atomic E-state index is 9.66. The molecule has 9 rings (SSSR count). The number of hydrogen-bond donors (Lipinski definition) is 0. The Balaban J connectivity index is 1.39. The van der Waals surface area contributed by atoms with E-state index < -0.39 is 0 Å². The molecular weight excluding hydrogens is 512 g/mol. The van der Waals surface area contributed by atoms with Crippen LogP contribution in [0.3, 0.4) is 0 Å². The Morgan fingerprint density at radius 2 is 1.00 bits per heavy atom. The lowest BCUT2D eigenvalue weighted by molar-refractivity contribution is 1.18. The standard InChI is InChI=1S/C38H20N4/c39-21-23-10-13-30-32-18-26(19-33-31-14-11-24(22-40)17-36(31)42(38(32)33)35(30)16-23)25-12-15-29-28-8-4-5-9-34(28)41(37(29)20-25)27-6-2-1-3-7-27/h1-20H. The summed E-state index contributed by atoms with van der Waals surface area (Å²) < 4.78 is 4.57. The lowest BCUT2D eigenvalue weighted by Crippen LogP contribution is -1.93. The fourth-order valence-corrected chi connectivity index (χ4v) is 6.86. The zero-order valence-electron chi connectivity index (χ0n) is 22.3. The van der Waals surface area contributed by atoms with Crippen LogP contribution in [0.15, 0.2) is 121 Å². The van der Waals surface area contributed by atoms with Gasteiger partial charge in [0, 0.05) is 38.0 Å². The molecule has 6 aromatic carbocycles. The monoisotopic (exact) mass is 532 g/mol. The summed E-state index contributed by atoms with van der Waals surface area (Å²) in [5, 5.41) is 26.2. The molecule has 4 heteroatoms. The average molecular weight is 533 g/mol. The van der Waals surface area contributed by atoms with E-state index in [1.54, 1.807) is 0 Å². The van der Waals surface area contributed by atoms with Crippen molar-refractivity contribution in [1.29, 1.82) is 10.5 Å². The van der Waals surface area contributed by atoms with Gasteiger partial charge < -0.3 is 8.97 Å². The first-order valence-corrected chi connectivity index (χ1v) is 13.9. The summed E-state index contributed by atoms with van der Waals surface area (Å²) in [7, 11) is 0. The number of para-hydroxylation sites is 2. The van der Waals surface area contributed by atoms with Crippen molar-refractivity contribution < 1.29 is 0 Å². The summed E-state index contributed by atoms with van der Waals surface area (Å²) in [6.07, 6.45) is 0. The normalized spacial score (nSPS) is 11.8. The minimum Gasteiger partial charge on any atom is -0.309 e. The number of aromatic nitrogens is 2. The Labute approximate surface area is 240 Å². The molecule has 0 saturated heterocycles. The minimum absolute atomic E-state index is 0.618. The molecule has 0 fully saturated rings. The van der Waals surface area contributed by atoms with Crippen molar-refractivity contribution in [2.75, 3.05) is 0 Å². The van der Waals surface area contributed by atoms with E-state index in [0.717, 1.165) is 60.4 Å². The molecule has 3 heterocycles. The van der Waals surface area contributed by atoms with Crippen molar-refractivity contribution >= 4 is 59.9 Å². The van der Waals surface area contributed by atoms with Crippen molar-refractivity contribution in [3.63, 3.8) is 0 Å². The van der Waals surface area contributed by atoms with Crippen molar-refractivity contribution in [3.8, 4) is 29.0 Å². The van der Waals surface area contributed by atoms with E-state index >= 15 is 0 Å². The molecule has 0 spiro atoms. The minimum atomic E-state index is 0.618. The van der Waals surface area contributed by atoms with Gasteiger partial charge >= 0.3 is 0 Å². The molecule has 3 aromatic heterocycles. The fraction of sp³-hybridized carbons (Fsp3) is 0. The van der Waals surface area contributed by atoms with E-state index in [1.165, 1.54) is 16.3 Å². The maximum Gasteiger partial charge on any atom is 0.0992 e. The second kappa shape index (κ2) is 8.21. The van der Waals surface area contributed by atoms with Crippen LogP contribution in [-0.4, -0.2) is 8.97 Å². The zero-order chi connectivity index (χ0) is 27.9. The second-order valence-corrected chi connectivity index (χ2v) is 10.9. The van der Waals surface area contributed by atoms with Crippen LogP contribution in [0.25, 0.3) is 76.7 Å². The van der Waals surface area contributed by atoms with Crippen LogP contribution in [-0.2, 0) is 0 Å². The Morgan fingerprint density at radius 3 is 1.67 bits per heavy atom. The predicted octanol–water partition coefficient (Wildman–Crippen LogP) is 9.34. The Morgan fingerprint density at radius 1 is 0.429 bits per heavy atom. The summed E-state index contributed by atoms with van der Waals surface area (Å²) in [6.45, 7) is 0. The van der Waals surface area contributed by atoms with Gasteiger partial charge in [-0.1, -0.05) is 60.7 Å². The molecular formula is C38H20N4. The van der Waals surface area contributed by atoms with Crippen molar-refractivity contribution in [2.45, 2.75) is 0 Å².